The minimum absolute atomic E-state index is 0.150. The topological polar surface area (TPSA) is 29.3 Å². The molecule has 24 heavy (non-hydrogen) atoms. The van der Waals surface area contributed by atoms with Crippen LogP contribution in [0.25, 0.3) is 16.7 Å². The van der Waals surface area contributed by atoms with Crippen LogP contribution in [0.1, 0.15) is 17.9 Å². The van der Waals surface area contributed by atoms with Gasteiger partial charge in [-0.3, -0.25) is 4.90 Å². The first-order valence-electron chi connectivity index (χ1n) is 7.90. The summed E-state index contributed by atoms with van der Waals surface area (Å²) in [5.41, 5.74) is 3.33. The van der Waals surface area contributed by atoms with Crippen molar-refractivity contribution in [1.29, 1.82) is 0 Å². The van der Waals surface area contributed by atoms with Gasteiger partial charge in [-0.15, -0.1) is 0 Å². The third-order valence-electron chi connectivity index (χ3n) is 4.27. The third kappa shape index (κ3) is 3.07. The molecule has 0 atom stereocenters. The van der Waals surface area contributed by atoms with E-state index in [4.69, 9.17) is 16.0 Å². The van der Waals surface area contributed by atoms with Gasteiger partial charge in [0.05, 0.1) is 0 Å². The molecule has 2 heterocycles. The minimum Gasteiger partial charge on any atom is -0.436 e. The van der Waals surface area contributed by atoms with Crippen molar-refractivity contribution < 1.29 is 8.81 Å². The molecule has 2 aromatic carbocycles. The fourth-order valence-electron chi connectivity index (χ4n) is 2.95. The van der Waals surface area contributed by atoms with Crippen molar-refractivity contribution in [2.24, 2.45) is 0 Å². The molecule has 0 bridgehead atoms. The summed E-state index contributed by atoms with van der Waals surface area (Å²) in [7, 11) is 0. The molecule has 0 N–H and O–H groups in total. The van der Waals surface area contributed by atoms with Gasteiger partial charge in [0.2, 0.25) is 5.89 Å². The summed E-state index contributed by atoms with van der Waals surface area (Å²) in [4.78, 5) is 6.73. The summed E-state index contributed by atoms with van der Waals surface area (Å²) in [6.45, 7) is 2.21. The maximum atomic E-state index is 13.8. The molecular formula is C19H16ClFN2O. The highest BCUT2D eigenvalue weighted by atomic mass is 35.5. The number of oxazole rings is 1. The van der Waals surface area contributed by atoms with E-state index in [0.717, 1.165) is 41.7 Å². The predicted octanol–water partition coefficient (Wildman–Crippen LogP) is 4.91. The highest BCUT2D eigenvalue weighted by Crippen LogP contribution is 2.27. The second-order valence-electron chi connectivity index (χ2n) is 5.94. The van der Waals surface area contributed by atoms with Gasteiger partial charge in [-0.2, -0.15) is 0 Å². The van der Waals surface area contributed by atoms with Gasteiger partial charge in [-0.1, -0.05) is 35.9 Å². The lowest BCUT2D eigenvalue weighted by Gasteiger charge is -2.25. The normalized spacial score (nSPS) is 15.7. The smallest absolute Gasteiger partial charge is 0.222 e. The van der Waals surface area contributed by atoms with Crippen molar-refractivity contribution in [1.82, 2.24) is 9.88 Å². The Morgan fingerprint density at radius 2 is 2.08 bits per heavy atom. The number of hydrogen-bond acceptors (Lipinski definition) is 3. The first kappa shape index (κ1) is 15.4. The molecule has 1 aliphatic rings. The Bertz CT molecular complexity index is 919. The van der Waals surface area contributed by atoms with Crippen LogP contribution in [-0.4, -0.2) is 23.0 Å². The van der Waals surface area contributed by atoms with E-state index in [2.05, 4.69) is 16.0 Å². The summed E-state index contributed by atoms with van der Waals surface area (Å²) in [6, 6.07) is 12.4. The van der Waals surface area contributed by atoms with E-state index in [1.54, 1.807) is 18.2 Å². The van der Waals surface area contributed by atoms with Gasteiger partial charge in [0, 0.05) is 35.8 Å². The van der Waals surface area contributed by atoms with Crippen molar-refractivity contribution in [3.8, 4) is 0 Å². The summed E-state index contributed by atoms with van der Waals surface area (Å²) in [6.07, 6.45) is 2.94. The van der Waals surface area contributed by atoms with Gasteiger partial charge in [-0.05, 0) is 30.7 Å². The van der Waals surface area contributed by atoms with Crippen LogP contribution in [0.4, 0.5) is 4.39 Å². The van der Waals surface area contributed by atoms with Crippen molar-refractivity contribution in [3.63, 3.8) is 0 Å². The highest BCUT2D eigenvalue weighted by molar-refractivity contribution is 6.31. The van der Waals surface area contributed by atoms with Gasteiger partial charge < -0.3 is 4.42 Å². The van der Waals surface area contributed by atoms with Gasteiger partial charge in [0.25, 0.3) is 0 Å². The SMILES string of the molecule is Fc1ccccc1CN1CC=C(c2nc3cc(Cl)ccc3o2)CC1. The monoisotopic (exact) mass is 342 g/mol. The van der Waals surface area contributed by atoms with Crippen LogP contribution in [0.5, 0.6) is 0 Å². The number of aromatic nitrogens is 1. The second-order valence-corrected chi connectivity index (χ2v) is 6.37. The lowest BCUT2D eigenvalue weighted by Crippen LogP contribution is -2.28. The molecule has 0 saturated carbocycles. The lowest BCUT2D eigenvalue weighted by atomic mass is 10.1. The molecule has 5 heteroatoms. The molecular weight excluding hydrogens is 327 g/mol. The fraction of sp³-hybridized carbons (Fsp3) is 0.211. The molecule has 122 valence electrons. The minimum atomic E-state index is -0.150. The average molecular weight is 343 g/mol. The van der Waals surface area contributed by atoms with Crippen LogP contribution < -0.4 is 0 Å². The summed E-state index contributed by atoms with van der Waals surface area (Å²) in [5.74, 6) is 0.501. The largest absolute Gasteiger partial charge is 0.436 e. The highest BCUT2D eigenvalue weighted by Gasteiger charge is 2.18. The molecule has 1 aromatic heterocycles. The van der Waals surface area contributed by atoms with Crippen LogP contribution in [0, 0.1) is 5.82 Å². The van der Waals surface area contributed by atoms with E-state index in [0.29, 0.717) is 17.5 Å². The number of halogens is 2. The van der Waals surface area contributed by atoms with Crippen LogP contribution >= 0.6 is 11.6 Å². The van der Waals surface area contributed by atoms with Crippen LogP contribution in [0.2, 0.25) is 5.02 Å². The molecule has 0 saturated heterocycles. The van der Waals surface area contributed by atoms with E-state index in [1.165, 1.54) is 6.07 Å². The van der Waals surface area contributed by atoms with E-state index in [1.807, 2.05) is 18.2 Å². The van der Waals surface area contributed by atoms with Crippen molar-refractivity contribution >= 4 is 28.3 Å². The molecule has 4 rings (SSSR count). The van der Waals surface area contributed by atoms with E-state index in [-0.39, 0.29) is 5.82 Å². The Labute approximate surface area is 144 Å². The number of hydrogen-bond donors (Lipinski definition) is 0. The Balaban J connectivity index is 1.50. The molecule has 0 radical (unpaired) electrons. The standard InChI is InChI=1S/C19H16ClFN2O/c20-15-5-6-18-17(11-15)22-19(24-18)13-7-9-23(10-8-13)12-14-3-1-2-4-16(14)21/h1-7,11H,8-10,12H2. The zero-order valence-electron chi connectivity index (χ0n) is 13.0. The van der Waals surface area contributed by atoms with Crippen LogP contribution in [0.15, 0.2) is 53.0 Å². The Morgan fingerprint density at radius 1 is 1.21 bits per heavy atom. The third-order valence-corrected chi connectivity index (χ3v) is 4.50. The molecule has 0 fully saturated rings. The zero-order chi connectivity index (χ0) is 16.5. The average Bonchev–Trinajstić information content (AvgIpc) is 3.01. The summed E-state index contributed by atoms with van der Waals surface area (Å²) in [5, 5.41) is 0.649. The Morgan fingerprint density at radius 3 is 2.88 bits per heavy atom. The quantitative estimate of drug-likeness (QED) is 0.677. The maximum Gasteiger partial charge on any atom is 0.222 e. The van der Waals surface area contributed by atoms with Gasteiger partial charge in [-0.25, -0.2) is 9.37 Å². The van der Waals surface area contributed by atoms with E-state index < -0.39 is 0 Å². The van der Waals surface area contributed by atoms with Crippen LogP contribution in [0.3, 0.4) is 0 Å². The number of fused-ring (bicyclic) bond motifs is 1. The number of rotatable bonds is 3. The number of nitrogens with zero attached hydrogens (tertiary/aromatic N) is 2. The zero-order valence-corrected chi connectivity index (χ0v) is 13.8. The first-order chi connectivity index (χ1) is 11.7. The van der Waals surface area contributed by atoms with E-state index in [9.17, 15) is 4.39 Å². The Hall–Kier alpha value is -2.17. The van der Waals surface area contributed by atoms with Crippen molar-refractivity contribution in [2.75, 3.05) is 13.1 Å². The fourth-order valence-corrected chi connectivity index (χ4v) is 3.12. The lowest BCUT2D eigenvalue weighted by molar-refractivity contribution is 0.288. The molecule has 0 amide bonds. The van der Waals surface area contributed by atoms with Crippen molar-refractivity contribution in [2.45, 2.75) is 13.0 Å². The molecule has 3 aromatic rings. The summed E-state index contributed by atoms with van der Waals surface area (Å²) >= 11 is 5.99. The molecule has 0 spiro atoms. The number of benzene rings is 2. The predicted molar refractivity (Wildman–Crippen MR) is 93.3 cm³/mol. The van der Waals surface area contributed by atoms with Gasteiger partial charge in [0.1, 0.15) is 11.3 Å². The van der Waals surface area contributed by atoms with Gasteiger partial charge >= 0.3 is 0 Å². The second kappa shape index (κ2) is 6.38. The molecule has 0 aliphatic carbocycles. The van der Waals surface area contributed by atoms with Crippen LogP contribution in [-0.2, 0) is 6.54 Å². The summed E-state index contributed by atoms with van der Waals surface area (Å²) < 4.78 is 19.6. The van der Waals surface area contributed by atoms with Gasteiger partial charge in [0.15, 0.2) is 5.58 Å². The maximum absolute atomic E-state index is 13.8. The van der Waals surface area contributed by atoms with Crippen molar-refractivity contribution in [3.05, 3.63) is 70.8 Å². The Kier molecular flexibility index (Phi) is 4.08. The molecule has 0 unspecified atom stereocenters. The molecule has 3 nitrogen and oxygen atoms in total. The first-order valence-corrected chi connectivity index (χ1v) is 8.28. The van der Waals surface area contributed by atoms with E-state index >= 15 is 0 Å². The molecule has 1 aliphatic heterocycles.